The number of benzene rings is 1. The van der Waals surface area contributed by atoms with Gasteiger partial charge in [0, 0.05) is 6.07 Å². The average molecular weight is 295 g/mol. The number of nitro benzene ring substituents is 2. The minimum absolute atomic E-state index is 0.106. The van der Waals surface area contributed by atoms with Gasteiger partial charge in [0.15, 0.2) is 0 Å². The first kappa shape index (κ1) is 14.9. The number of nitrogens with zero attached hydrogens (tertiary/aromatic N) is 3. The monoisotopic (exact) mass is 295 g/mol. The molecule has 1 heterocycles. The molecule has 1 amide bonds. The van der Waals surface area contributed by atoms with Gasteiger partial charge < -0.3 is 9.80 Å². The summed E-state index contributed by atoms with van der Waals surface area (Å²) in [5.74, 6) is -0.455. The van der Waals surface area contributed by atoms with E-state index in [1.807, 2.05) is 7.05 Å². The molecular formula is C12H15N4O5+. The van der Waals surface area contributed by atoms with Crippen LogP contribution in [0, 0.1) is 20.2 Å². The van der Waals surface area contributed by atoms with E-state index in [-0.39, 0.29) is 5.56 Å². The average Bonchev–Trinajstić information content (AvgIpc) is 2.46. The Balaban J connectivity index is 2.32. The fourth-order valence-corrected chi connectivity index (χ4v) is 2.23. The molecule has 0 atom stereocenters. The lowest BCUT2D eigenvalue weighted by molar-refractivity contribution is -0.883. The van der Waals surface area contributed by atoms with Crippen molar-refractivity contribution in [2.75, 3.05) is 33.2 Å². The molecule has 0 spiro atoms. The Labute approximate surface area is 120 Å². The lowest BCUT2D eigenvalue weighted by Gasteiger charge is -2.29. The van der Waals surface area contributed by atoms with Crippen LogP contribution in [-0.4, -0.2) is 53.9 Å². The normalized spacial score (nSPS) is 15.8. The predicted octanol–water partition coefficient (Wildman–Crippen LogP) is -0.526. The summed E-state index contributed by atoms with van der Waals surface area (Å²) in [4.78, 5) is 35.4. The SMILES string of the molecule is C[NH+]1CCN(C(=O)c2ccc([N+](=O)[O-])cc2[N+](=O)[O-])CC1. The predicted molar refractivity (Wildman–Crippen MR) is 72.3 cm³/mol. The van der Waals surface area contributed by atoms with Gasteiger partial charge in [-0.25, -0.2) is 0 Å². The molecule has 0 saturated carbocycles. The maximum absolute atomic E-state index is 12.4. The molecule has 0 bridgehead atoms. The van der Waals surface area contributed by atoms with Crippen LogP contribution in [0.4, 0.5) is 11.4 Å². The Hall–Kier alpha value is -2.55. The van der Waals surface area contributed by atoms with Crippen LogP contribution in [0.15, 0.2) is 18.2 Å². The van der Waals surface area contributed by atoms with Gasteiger partial charge in [0.25, 0.3) is 17.3 Å². The summed E-state index contributed by atoms with van der Waals surface area (Å²) in [5.41, 5.74) is -1.04. The maximum Gasteiger partial charge on any atom is 0.289 e. The van der Waals surface area contributed by atoms with E-state index in [2.05, 4.69) is 0 Å². The van der Waals surface area contributed by atoms with Gasteiger partial charge in [-0.3, -0.25) is 25.0 Å². The molecule has 9 nitrogen and oxygen atoms in total. The molecular weight excluding hydrogens is 280 g/mol. The third-order valence-electron chi connectivity index (χ3n) is 3.52. The van der Waals surface area contributed by atoms with Crippen LogP contribution in [0.1, 0.15) is 10.4 Å². The Morgan fingerprint density at radius 1 is 1.19 bits per heavy atom. The van der Waals surface area contributed by atoms with Gasteiger partial charge >= 0.3 is 0 Å². The molecule has 0 unspecified atom stereocenters. The molecule has 1 aromatic carbocycles. The van der Waals surface area contributed by atoms with Crippen molar-refractivity contribution < 1.29 is 19.5 Å². The second-order valence-electron chi connectivity index (χ2n) is 4.96. The van der Waals surface area contributed by atoms with Crippen LogP contribution in [0.2, 0.25) is 0 Å². The second kappa shape index (κ2) is 5.83. The van der Waals surface area contributed by atoms with Crippen LogP contribution >= 0.6 is 0 Å². The van der Waals surface area contributed by atoms with Crippen molar-refractivity contribution in [2.24, 2.45) is 0 Å². The molecule has 21 heavy (non-hydrogen) atoms. The maximum atomic E-state index is 12.4. The number of non-ortho nitro benzene ring substituents is 1. The third-order valence-corrected chi connectivity index (χ3v) is 3.52. The summed E-state index contributed by atoms with van der Waals surface area (Å²) in [6.07, 6.45) is 0. The summed E-state index contributed by atoms with van der Waals surface area (Å²) < 4.78 is 0. The van der Waals surface area contributed by atoms with Gasteiger partial charge in [0.1, 0.15) is 5.56 Å². The first-order valence-electron chi connectivity index (χ1n) is 6.43. The summed E-state index contributed by atoms with van der Waals surface area (Å²) in [5, 5.41) is 21.7. The number of hydrogen-bond donors (Lipinski definition) is 1. The van der Waals surface area contributed by atoms with Crippen LogP contribution in [-0.2, 0) is 0 Å². The largest absolute Gasteiger partial charge is 0.334 e. The van der Waals surface area contributed by atoms with Crippen molar-refractivity contribution in [3.63, 3.8) is 0 Å². The van der Waals surface area contributed by atoms with Gasteiger partial charge in [0.05, 0.1) is 49.1 Å². The zero-order chi connectivity index (χ0) is 15.6. The van der Waals surface area contributed by atoms with Crippen LogP contribution < -0.4 is 4.90 Å². The number of carbonyl (C=O) groups is 1. The number of nitrogens with one attached hydrogen (secondary N) is 1. The third kappa shape index (κ3) is 3.14. The van der Waals surface area contributed by atoms with E-state index < -0.39 is 27.1 Å². The van der Waals surface area contributed by atoms with Crippen molar-refractivity contribution >= 4 is 17.3 Å². The lowest BCUT2D eigenvalue weighted by Crippen LogP contribution is -3.12. The molecule has 1 aromatic rings. The van der Waals surface area contributed by atoms with Crippen LogP contribution in [0.3, 0.4) is 0 Å². The molecule has 2 rings (SSSR count). The first-order chi connectivity index (χ1) is 9.90. The number of amides is 1. The van der Waals surface area contributed by atoms with E-state index in [1.54, 1.807) is 4.90 Å². The summed E-state index contributed by atoms with van der Waals surface area (Å²) >= 11 is 0. The van der Waals surface area contributed by atoms with Crippen LogP contribution in [0.25, 0.3) is 0 Å². The van der Waals surface area contributed by atoms with E-state index in [4.69, 9.17) is 0 Å². The molecule has 9 heteroatoms. The van der Waals surface area contributed by atoms with Crippen molar-refractivity contribution in [3.8, 4) is 0 Å². The van der Waals surface area contributed by atoms with E-state index in [9.17, 15) is 25.0 Å². The Kier molecular flexibility index (Phi) is 4.13. The minimum Gasteiger partial charge on any atom is -0.334 e. The van der Waals surface area contributed by atoms with Crippen molar-refractivity contribution in [3.05, 3.63) is 44.0 Å². The molecule has 112 valence electrons. The second-order valence-corrected chi connectivity index (χ2v) is 4.96. The van der Waals surface area contributed by atoms with Gasteiger partial charge in [0.2, 0.25) is 0 Å². The molecule has 1 N–H and O–H groups in total. The van der Waals surface area contributed by atoms with Gasteiger partial charge in [-0.2, -0.15) is 0 Å². The Morgan fingerprint density at radius 2 is 1.81 bits per heavy atom. The van der Waals surface area contributed by atoms with Crippen molar-refractivity contribution in [2.45, 2.75) is 0 Å². The molecule has 1 saturated heterocycles. The highest BCUT2D eigenvalue weighted by Crippen LogP contribution is 2.25. The standard InChI is InChI=1S/C12H14N4O5/c1-13-4-6-14(7-5-13)12(17)10-3-2-9(15(18)19)8-11(10)16(20)21/h2-3,8H,4-7H2,1H3/p+1. The Morgan fingerprint density at radius 3 is 2.33 bits per heavy atom. The molecule has 1 fully saturated rings. The zero-order valence-electron chi connectivity index (χ0n) is 11.4. The van der Waals surface area contributed by atoms with Crippen molar-refractivity contribution in [1.82, 2.24) is 4.90 Å². The first-order valence-corrected chi connectivity index (χ1v) is 6.43. The molecule has 0 radical (unpaired) electrons. The molecule has 1 aliphatic heterocycles. The zero-order valence-corrected chi connectivity index (χ0v) is 11.4. The number of piperazine rings is 1. The fourth-order valence-electron chi connectivity index (χ4n) is 2.23. The van der Waals surface area contributed by atoms with Gasteiger partial charge in [-0.15, -0.1) is 0 Å². The molecule has 0 aliphatic carbocycles. The lowest BCUT2D eigenvalue weighted by atomic mass is 10.1. The quantitative estimate of drug-likeness (QED) is 0.595. The van der Waals surface area contributed by atoms with Gasteiger partial charge in [-0.1, -0.05) is 0 Å². The highest BCUT2D eigenvalue weighted by Gasteiger charge is 2.29. The highest BCUT2D eigenvalue weighted by molar-refractivity contribution is 5.98. The van der Waals surface area contributed by atoms with E-state index in [0.717, 1.165) is 31.3 Å². The van der Waals surface area contributed by atoms with Crippen LogP contribution in [0.5, 0.6) is 0 Å². The number of carbonyl (C=O) groups excluding carboxylic acids is 1. The van der Waals surface area contributed by atoms with Gasteiger partial charge in [-0.05, 0) is 6.07 Å². The molecule has 1 aliphatic rings. The highest BCUT2D eigenvalue weighted by atomic mass is 16.6. The van der Waals surface area contributed by atoms with E-state index >= 15 is 0 Å². The topological polar surface area (TPSA) is 111 Å². The number of rotatable bonds is 3. The van der Waals surface area contributed by atoms with Crippen molar-refractivity contribution in [1.29, 1.82) is 0 Å². The number of nitro groups is 2. The van der Waals surface area contributed by atoms with E-state index in [1.165, 1.54) is 4.90 Å². The molecule has 0 aromatic heterocycles. The minimum atomic E-state index is -0.762. The smallest absolute Gasteiger partial charge is 0.289 e. The number of quaternary nitrogens is 1. The summed E-state index contributed by atoms with van der Waals surface area (Å²) in [6, 6.07) is 3.10. The Bertz CT molecular complexity index is 595. The number of hydrogen-bond acceptors (Lipinski definition) is 5. The summed E-state index contributed by atoms with van der Waals surface area (Å²) in [7, 11) is 2.01. The summed E-state index contributed by atoms with van der Waals surface area (Å²) in [6.45, 7) is 2.57. The van der Waals surface area contributed by atoms with E-state index in [0.29, 0.717) is 13.1 Å². The number of likely N-dealkylation sites (N-methyl/N-ethyl adjacent to an activating group) is 1. The fraction of sp³-hybridized carbons (Fsp3) is 0.417.